The van der Waals surface area contributed by atoms with E-state index in [0.717, 1.165) is 35.2 Å². The summed E-state index contributed by atoms with van der Waals surface area (Å²) in [7, 11) is 0. The van der Waals surface area contributed by atoms with Crippen LogP contribution >= 0.6 is 11.8 Å². The number of hydrogen-bond acceptors (Lipinski definition) is 4. The lowest BCUT2D eigenvalue weighted by molar-refractivity contribution is 0.392. The lowest BCUT2D eigenvalue weighted by atomic mass is 10.1. The van der Waals surface area contributed by atoms with Crippen LogP contribution in [-0.2, 0) is 6.42 Å². The van der Waals surface area contributed by atoms with E-state index in [2.05, 4.69) is 30.7 Å². The molecule has 1 aromatic carbocycles. The molecule has 1 atom stereocenters. The molecular weight excluding hydrogens is 400 g/mol. The van der Waals surface area contributed by atoms with E-state index < -0.39 is 0 Å². The number of benzene rings is 1. The lowest BCUT2D eigenvalue weighted by Gasteiger charge is -2.09. The minimum Gasteiger partial charge on any atom is -0.483 e. The molecule has 3 nitrogen and oxygen atoms in total. The predicted octanol–water partition coefficient (Wildman–Crippen LogP) is 8.33. The van der Waals surface area contributed by atoms with Crippen molar-refractivity contribution < 1.29 is 4.74 Å². The Kier molecular flexibility index (Phi) is 13.4. The van der Waals surface area contributed by atoms with E-state index in [1.165, 1.54) is 69.8 Å². The topological polar surface area (TPSA) is 35.0 Å². The van der Waals surface area contributed by atoms with E-state index in [9.17, 15) is 0 Å². The van der Waals surface area contributed by atoms with Gasteiger partial charge in [0.05, 0.1) is 0 Å². The molecule has 0 saturated heterocycles. The van der Waals surface area contributed by atoms with Crippen LogP contribution in [0.4, 0.5) is 0 Å². The maximum atomic E-state index is 5.84. The summed E-state index contributed by atoms with van der Waals surface area (Å²) in [5.74, 6) is 4.37. The summed E-state index contributed by atoms with van der Waals surface area (Å²) in [4.78, 5) is 9.16. The number of rotatable bonds is 17. The molecule has 4 heteroatoms. The van der Waals surface area contributed by atoms with Crippen LogP contribution in [0.25, 0.3) is 11.4 Å². The molecule has 1 aromatic heterocycles. The average molecular weight is 443 g/mol. The van der Waals surface area contributed by atoms with E-state index >= 15 is 0 Å². The Bertz CT molecular complexity index is 687. The zero-order valence-corrected chi connectivity index (χ0v) is 20.8. The molecule has 172 valence electrons. The van der Waals surface area contributed by atoms with Gasteiger partial charge in [-0.2, -0.15) is 0 Å². The van der Waals surface area contributed by atoms with Gasteiger partial charge in [0.15, 0.2) is 5.82 Å². The summed E-state index contributed by atoms with van der Waals surface area (Å²) in [6.07, 6.45) is 18.4. The largest absolute Gasteiger partial charge is 0.483 e. The zero-order valence-electron chi connectivity index (χ0n) is 19.9. The molecule has 0 N–H and O–H groups in total. The molecule has 0 spiro atoms. The lowest BCUT2D eigenvalue weighted by Crippen LogP contribution is -1.98. The van der Waals surface area contributed by atoms with Gasteiger partial charge in [0, 0.05) is 18.0 Å². The summed E-state index contributed by atoms with van der Waals surface area (Å²) < 4.78 is 5.84. The molecule has 0 fully saturated rings. The highest BCUT2D eigenvalue weighted by molar-refractivity contribution is 7.99. The number of aryl methyl sites for hydroxylation is 1. The molecule has 2 aromatic rings. The molecule has 0 aliphatic rings. The Labute approximate surface area is 194 Å². The Hall–Kier alpha value is -1.55. The fourth-order valence-electron chi connectivity index (χ4n) is 3.45. The zero-order chi connectivity index (χ0) is 22.2. The van der Waals surface area contributed by atoms with Gasteiger partial charge in [-0.3, -0.25) is 0 Å². The molecule has 0 radical (unpaired) electrons. The minimum absolute atomic E-state index is 0.708. The second kappa shape index (κ2) is 16.1. The van der Waals surface area contributed by atoms with Crippen LogP contribution in [0.2, 0.25) is 0 Å². The van der Waals surface area contributed by atoms with Gasteiger partial charge >= 0.3 is 0 Å². The van der Waals surface area contributed by atoms with Gasteiger partial charge in [0.2, 0.25) is 0 Å². The summed E-state index contributed by atoms with van der Waals surface area (Å²) in [6.45, 7) is 6.83. The van der Waals surface area contributed by atoms with Crippen molar-refractivity contribution >= 4 is 11.8 Å². The van der Waals surface area contributed by atoms with Gasteiger partial charge in [-0.05, 0) is 60.8 Å². The first-order valence-corrected chi connectivity index (χ1v) is 13.5. The molecule has 2 rings (SSSR count). The predicted molar refractivity (Wildman–Crippen MR) is 136 cm³/mol. The molecule has 0 bridgehead atoms. The Balaban J connectivity index is 1.65. The number of thioether (sulfide) groups is 1. The standard InChI is InChI=1S/C27H42N2OS/c1-4-6-7-8-9-10-11-12-13-24-20-28-27(29-21-24)25-14-16-26(17-15-25)30-22-31-19-18-23(3)5-2/h14-17,20-21,23H,4-13,18-19,22H2,1-3H3. The summed E-state index contributed by atoms with van der Waals surface area (Å²) in [5.41, 5.74) is 2.28. The van der Waals surface area contributed by atoms with Crippen LogP contribution in [0.5, 0.6) is 5.75 Å². The Morgan fingerprint density at radius 2 is 1.52 bits per heavy atom. The average Bonchev–Trinajstić information content (AvgIpc) is 2.81. The van der Waals surface area contributed by atoms with Crippen LogP contribution < -0.4 is 4.74 Å². The van der Waals surface area contributed by atoms with Crippen molar-refractivity contribution in [1.82, 2.24) is 9.97 Å². The van der Waals surface area contributed by atoms with Gasteiger partial charge in [-0.25, -0.2) is 9.97 Å². The number of hydrogen-bond donors (Lipinski definition) is 0. The first-order valence-electron chi connectivity index (χ1n) is 12.3. The second-order valence-corrected chi connectivity index (χ2v) is 9.69. The minimum atomic E-state index is 0.708. The molecular formula is C27H42N2OS. The highest BCUT2D eigenvalue weighted by Gasteiger charge is 2.04. The smallest absolute Gasteiger partial charge is 0.159 e. The Morgan fingerprint density at radius 1 is 0.871 bits per heavy atom. The van der Waals surface area contributed by atoms with Crippen molar-refractivity contribution in [2.24, 2.45) is 5.92 Å². The van der Waals surface area contributed by atoms with Crippen molar-refractivity contribution in [1.29, 1.82) is 0 Å². The third kappa shape index (κ3) is 11.0. The fourth-order valence-corrected chi connectivity index (χ4v) is 4.36. The van der Waals surface area contributed by atoms with E-state index in [0.29, 0.717) is 5.94 Å². The second-order valence-electron chi connectivity index (χ2n) is 8.64. The van der Waals surface area contributed by atoms with E-state index in [-0.39, 0.29) is 0 Å². The molecule has 0 aliphatic carbocycles. The van der Waals surface area contributed by atoms with Gasteiger partial charge in [-0.1, -0.05) is 72.1 Å². The first kappa shape index (κ1) is 25.7. The van der Waals surface area contributed by atoms with Gasteiger partial charge < -0.3 is 4.74 Å². The third-order valence-electron chi connectivity index (χ3n) is 5.90. The van der Waals surface area contributed by atoms with Gasteiger partial charge in [0.1, 0.15) is 11.7 Å². The van der Waals surface area contributed by atoms with Crippen molar-refractivity contribution in [3.05, 3.63) is 42.2 Å². The van der Waals surface area contributed by atoms with Crippen LogP contribution in [0.1, 0.15) is 90.5 Å². The molecule has 0 amide bonds. The van der Waals surface area contributed by atoms with Crippen LogP contribution in [0.3, 0.4) is 0 Å². The van der Waals surface area contributed by atoms with E-state index in [4.69, 9.17) is 4.74 Å². The Morgan fingerprint density at radius 3 is 2.16 bits per heavy atom. The van der Waals surface area contributed by atoms with Gasteiger partial charge in [-0.15, -0.1) is 11.8 Å². The normalized spacial score (nSPS) is 12.1. The highest BCUT2D eigenvalue weighted by Crippen LogP contribution is 2.21. The summed E-state index contributed by atoms with van der Waals surface area (Å²) >= 11 is 1.86. The molecule has 0 saturated carbocycles. The maximum Gasteiger partial charge on any atom is 0.159 e. The maximum absolute atomic E-state index is 5.84. The number of nitrogens with zero attached hydrogens (tertiary/aromatic N) is 2. The van der Waals surface area contributed by atoms with Crippen molar-refractivity contribution in [3.63, 3.8) is 0 Å². The van der Waals surface area contributed by atoms with Crippen molar-refractivity contribution in [2.75, 3.05) is 11.7 Å². The highest BCUT2D eigenvalue weighted by atomic mass is 32.2. The summed E-state index contributed by atoms with van der Waals surface area (Å²) in [6, 6.07) is 8.13. The molecule has 1 heterocycles. The van der Waals surface area contributed by atoms with E-state index in [1.807, 2.05) is 48.4 Å². The number of unbranched alkanes of at least 4 members (excludes halogenated alkanes) is 7. The van der Waals surface area contributed by atoms with Crippen molar-refractivity contribution in [2.45, 2.75) is 91.4 Å². The van der Waals surface area contributed by atoms with Crippen LogP contribution in [0.15, 0.2) is 36.7 Å². The van der Waals surface area contributed by atoms with Crippen molar-refractivity contribution in [3.8, 4) is 17.1 Å². The van der Waals surface area contributed by atoms with Crippen LogP contribution in [-0.4, -0.2) is 21.7 Å². The summed E-state index contributed by atoms with van der Waals surface area (Å²) in [5, 5.41) is 0. The van der Waals surface area contributed by atoms with Gasteiger partial charge in [0.25, 0.3) is 0 Å². The monoisotopic (exact) mass is 442 g/mol. The molecule has 1 unspecified atom stereocenters. The molecule has 31 heavy (non-hydrogen) atoms. The van der Waals surface area contributed by atoms with E-state index in [1.54, 1.807) is 0 Å². The third-order valence-corrected chi connectivity index (χ3v) is 6.71. The number of aromatic nitrogens is 2. The quantitative estimate of drug-likeness (QED) is 0.182. The molecule has 0 aliphatic heterocycles. The van der Waals surface area contributed by atoms with Crippen LogP contribution in [0, 0.1) is 5.92 Å². The fraction of sp³-hybridized carbons (Fsp3) is 0.630. The first-order chi connectivity index (χ1) is 15.2. The SMILES string of the molecule is CCCCCCCCCCc1cnc(-c2ccc(OCSCCC(C)CC)cc2)nc1. The number of ether oxygens (including phenoxy) is 1.